The van der Waals surface area contributed by atoms with Gasteiger partial charge in [0, 0.05) is 29.9 Å². The summed E-state index contributed by atoms with van der Waals surface area (Å²) in [5.41, 5.74) is 1.25. The van der Waals surface area contributed by atoms with Crippen LogP contribution in [0.25, 0.3) is 0 Å². The van der Waals surface area contributed by atoms with Gasteiger partial charge >= 0.3 is 0 Å². The summed E-state index contributed by atoms with van der Waals surface area (Å²) in [6.07, 6.45) is 3.21. The summed E-state index contributed by atoms with van der Waals surface area (Å²) < 4.78 is 0. The highest BCUT2D eigenvalue weighted by molar-refractivity contribution is 8.01. The molecule has 1 atom stereocenters. The van der Waals surface area contributed by atoms with Gasteiger partial charge in [0.15, 0.2) is 5.82 Å². The highest BCUT2D eigenvalue weighted by atomic mass is 32.2. The Labute approximate surface area is 140 Å². The number of aromatic nitrogens is 2. The van der Waals surface area contributed by atoms with Crippen LogP contribution < -0.4 is 10.2 Å². The zero-order valence-corrected chi connectivity index (χ0v) is 13.9. The van der Waals surface area contributed by atoms with E-state index in [-0.39, 0.29) is 4.87 Å². The van der Waals surface area contributed by atoms with E-state index in [1.807, 2.05) is 17.8 Å². The van der Waals surface area contributed by atoms with Crippen LogP contribution in [0.5, 0.6) is 0 Å². The minimum absolute atomic E-state index is 0.111. The third kappa shape index (κ3) is 2.77. The Morgan fingerprint density at radius 3 is 2.78 bits per heavy atom. The Bertz CT molecular complexity index is 686. The molecule has 23 heavy (non-hydrogen) atoms. The van der Waals surface area contributed by atoms with E-state index in [9.17, 15) is 5.11 Å². The summed E-state index contributed by atoms with van der Waals surface area (Å²) in [6, 6.07) is 10.4. The van der Waals surface area contributed by atoms with Crippen LogP contribution in [0.4, 0.5) is 11.5 Å². The first-order valence-electron chi connectivity index (χ1n) is 7.97. The number of benzene rings is 1. The van der Waals surface area contributed by atoms with Gasteiger partial charge in [-0.2, -0.15) is 0 Å². The smallest absolute Gasteiger partial charge is 0.158 e. The summed E-state index contributed by atoms with van der Waals surface area (Å²) in [5.74, 6) is 1.40. The Morgan fingerprint density at radius 1 is 1.26 bits per heavy atom. The molecule has 0 amide bonds. The lowest BCUT2D eigenvalue weighted by atomic mass is 10.0. The van der Waals surface area contributed by atoms with Gasteiger partial charge in [-0.15, -0.1) is 0 Å². The monoisotopic (exact) mass is 328 g/mol. The van der Waals surface area contributed by atoms with Crippen LogP contribution in [0.3, 0.4) is 0 Å². The molecular formula is C17H20N4OS. The standard InChI is InChI=1S/C17H20N4OS/c1-12(22)16-18-9-6-15(19-16)21-10-7-17(8-11-21)20-13-4-2-3-5-14(13)23-17/h2-6,9,12,20,22H,7-8,10-11H2,1H3. The molecule has 3 heterocycles. The molecule has 1 saturated heterocycles. The van der Waals surface area contributed by atoms with Crippen molar-refractivity contribution in [3.05, 3.63) is 42.4 Å². The summed E-state index contributed by atoms with van der Waals surface area (Å²) in [6.45, 7) is 3.59. The van der Waals surface area contributed by atoms with Crippen molar-refractivity contribution in [2.75, 3.05) is 23.3 Å². The molecule has 6 heteroatoms. The van der Waals surface area contributed by atoms with E-state index >= 15 is 0 Å². The zero-order chi connectivity index (χ0) is 15.9. The molecule has 1 fully saturated rings. The summed E-state index contributed by atoms with van der Waals surface area (Å²) >= 11 is 1.95. The van der Waals surface area contributed by atoms with Gasteiger partial charge in [-0.25, -0.2) is 9.97 Å². The SMILES string of the molecule is CC(O)c1nccc(N2CCC3(CC2)Nc2ccccc2S3)n1. The van der Waals surface area contributed by atoms with E-state index in [0.717, 1.165) is 31.7 Å². The van der Waals surface area contributed by atoms with E-state index in [1.165, 1.54) is 10.6 Å². The number of nitrogens with zero attached hydrogens (tertiary/aromatic N) is 3. The number of hydrogen-bond acceptors (Lipinski definition) is 6. The van der Waals surface area contributed by atoms with Gasteiger partial charge < -0.3 is 15.3 Å². The average molecular weight is 328 g/mol. The van der Waals surface area contributed by atoms with Gasteiger partial charge in [0.2, 0.25) is 0 Å². The van der Waals surface area contributed by atoms with Crippen LogP contribution in [0, 0.1) is 0 Å². The first kappa shape index (κ1) is 14.8. The summed E-state index contributed by atoms with van der Waals surface area (Å²) in [5, 5.41) is 13.4. The van der Waals surface area contributed by atoms with Gasteiger partial charge in [-0.3, -0.25) is 0 Å². The predicted molar refractivity (Wildman–Crippen MR) is 92.8 cm³/mol. The molecule has 120 valence electrons. The second kappa shape index (κ2) is 5.69. The maximum atomic E-state index is 9.66. The summed E-state index contributed by atoms with van der Waals surface area (Å²) in [7, 11) is 0. The molecular weight excluding hydrogens is 308 g/mol. The number of aliphatic hydroxyl groups excluding tert-OH is 1. The third-order valence-electron chi connectivity index (χ3n) is 4.48. The second-order valence-electron chi connectivity index (χ2n) is 6.15. The number of aliphatic hydroxyl groups is 1. The van der Waals surface area contributed by atoms with Crippen molar-refractivity contribution in [1.82, 2.24) is 9.97 Å². The van der Waals surface area contributed by atoms with E-state index in [2.05, 4.69) is 44.5 Å². The van der Waals surface area contributed by atoms with Gasteiger partial charge in [0.1, 0.15) is 11.9 Å². The number of rotatable bonds is 2. The van der Waals surface area contributed by atoms with Gasteiger partial charge in [0.25, 0.3) is 0 Å². The first-order chi connectivity index (χ1) is 11.2. The molecule has 1 aromatic heterocycles. The Kier molecular flexibility index (Phi) is 3.66. The molecule has 0 bridgehead atoms. The van der Waals surface area contributed by atoms with Crippen LogP contribution in [-0.2, 0) is 0 Å². The highest BCUT2D eigenvalue weighted by Crippen LogP contribution is 2.50. The van der Waals surface area contributed by atoms with Crippen LogP contribution in [0.2, 0.25) is 0 Å². The van der Waals surface area contributed by atoms with Crippen molar-refractivity contribution in [2.24, 2.45) is 0 Å². The van der Waals surface area contributed by atoms with Crippen molar-refractivity contribution < 1.29 is 5.11 Å². The molecule has 0 saturated carbocycles. The fraction of sp³-hybridized carbons (Fsp3) is 0.412. The lowest BCUT2D eigenvalue weighted by Crippen LogP contribution is -2.45. The fourth-order valence-corrected chi connectivity index (χ4v) is 4.55. The highest BCUT2D eigenvalue weighted by Gasteiger charge is 2.40. The van der Waals surface area contributed by atoms with Crippen LogP contribution in [0.15, 0.2) is 41.4 Å². The fourth-order valence-electron chi connectivity index (χ4n) is 3.21. The maximum Gasteiger partial charge on any atom is 0.158 e. The lowest BCUT2D eigenvalue weighted by molar-refractivity contribution is 0.189. The normalized spacial score (nSPS) is 20.2. The quantitative estimate of drug-likeness (QED) is 0.883. The largest absolute Gasteiger partial charge is 0.385 e. The molecule has 5 nitrogen and oxygen atoms in total. The predicted octanol–water partition coefficient (Wildman–Crippen LogP) is 3.04. The third-order valence-corrected chi connectivity index (χ3v) is 5.96. The molecule has 1 aromatic carbocycles. The topological polar surface area (TPSA) is 61.3 Å². The van der Waals surface area contributed by atoms with Crippen molar-refractivity contribution in [3.63, 3.8) is 0 Å². The molecule has 1 unspecified atom stereocenters. The van der Waals surface area contributed by atoms with E-state index < -0.39 is 6.10 Å². The summed E-state index contributed by atoms with van der Waals surface area (Å²) in [4.78, 5) is 12.4. The van der Waals surface area contributed by atoms with Gasteiger partial charge in [-0.05, 0) is 38.0 Å². The van der Waals surface area contributed by atoms with E-state index in [4.69, 9.17) is 0 Å². The molecule has 2 aliphatic rings. The second-order valence-corrected chi connectivity index (χ2v) is 7.58. The molecule has 0 radical (unpaired) electrons. The number of hydrogen-bond donors (Lipinski definition) is 2. The number of nitrogens with one attached hydrogen (secondary N) is 1. The minimum atomic E-state index is -0.632. The Morgan fingerprint density at radius 2 is 2.04 bits per heavy atom. The van der Waals surface area contributed by atoms with Gasteiger partial charge in [-0.1, -0.05) is 23.9 Å². The van der Waals surface area contributed by atoms with Crippen molar-refractivity contribution >= 4 is 23.3 Å². The van der Waals surface area contributed by atoms with Crippen LogP contribution in [0.1, 0.15) is 31.7 Å². The average Bonchev–Trinajstić information content (AvgIpc) is 2.93. The van der Waals surface area contributed by atoms with Crippen LogP contribution >= 0.6 is 11.8 Å². The zero-order valence-electron chi connectivity index (χ0n) is 13.1. The van der Waals surface area contributed by atoms with Crippen molar-refractivity contribution in [2.45, 2.75) is 35.6 Å². The van der Waals surface area contributed by atoms with E-state index in [1.54, 1.807) is 13.1 Å². The first-order valence-corrected chi connectivity index (χ1v) is 8.79. The molecule has 1 spiro atoms. The number of anilines is 2. The van der Waals surface area contributed by atoms with E-state index in [0.29, 0.717) is 5.82 Å². The number of piperidine rings is 1. The molecule has 4 rings (SSSR count). The van der Waals surface area contributed by atoms with Gasteiger partial charge in [0.05, 0.1) is 4.87 Å². The maximum absolute atomic E-state index is 9.66. The lowest BCUT2D eigenvalue weighted by Gasteiger charge is -2.39. The van der Waals surface area contributed by atoms with Crippen molar-refractivity contribution in [3.8, 4) is 0 Å². The molecule has 0 aliphatic carbocycles. The van der Waals surface area contributed by atoms with Crippen LogP contribution in [-0.4, -0.2) is 33.0 Å². The number of fused-ring (bicyclic) bond motifs is 1. The number of thioether (sulfide) groups is 1. The molecule has 2 aromatic rings. The minimum Gasteiger partial charge on any atom is -0.385 e. The Balaban J connectivity index is 1.47. The van der Waals surface area contributed by atoms with Crippen molar-refractivity contribution in [1.29, 1.82) is 0 Å². The Hall–Kier alpha value is -1.79. The molecule has 2 aliphatic heterocycles. The molecule has 2 N–H and O–H groups in total. The number of para-hydroxylation sites is 1.